The molecule has 5 heteroatoms. The van der Waals surface area contributed by atoms with Crippen LogP contribution in [-0.2, 0) is 0 Å². The van der Waals surface area contributed by atoms with Crippen LogP contribution in [0.1, 0.15) is 22.8 Å². The lowest BCUT2D eigenvalue weighted by atomic mass is 10.2. The first kappa shape index (κ1) is 15.4. The highest BCUT2D eigenvalue weighted by molar-refractivity contribution is 7.99. The molecule has 1 N–H and O–H groups in total. The second-order valence-corrected chi connectivity index (χ2v) is 5.66. The summed E-state index contributed by atoms with van der Waals surface area (Å²) in [5.74, 6) is -0.665. The summed E-state index contributed by atoms with van der Waals surface area (Å²) in [6, 6.07) is 9.73. The van der Waals surface area contributed by atoms with Crippen molar-refractivity contribution < 1.29 is 19.0 Å². The van der Waals surface area contributed by atoms with E-state index in [1.165, 1.54) is 23.9 Å². The van der Waals surface area contributed by atoms with Crippen molar-refractivity contribution in [3.8, 4) is 11.5 Å². The van der Waals surface area contributed by atoms with Crippen LogP contribution in [0.3, 0.4) is 0 Å². The molecule has 21 heavy (non-hydrogen) atoms. The molecule has 0 aromatic heterocycles. The van der Waals surface area contributed by atoms with Gasteiger partial charge in [0, 0.05) is 4.90 Å². The van der Waals surface area contributed by atoms with E-state index in [0.717, 1.165) is 5.75 Å². The number of hydrogen-bond donors (Lipinski definition) is 1. The van der Waals surface area contributed by atoms with Gasteiger partial charge in [-0.3, -0.25) is 0 Å². The van der Waals surface area contributed by atoms with Gasteiger partial charge in [-0.1, -0.05) is 25.1 Å². The number of aromatic carboxylic acids is 1. The first-order chi connectivity index (χ1) is 10.0. The second kappa shape index (κ2) is 6.63. The van der Waals surface area contributed by atoms with Crippen molar-refractivity contribution in [2.45, 2.75) is 18.7 Å². The lowest BCUT2D eigenvalue weighted by Crippen LogP contribution is -2.03. The molecule has 110 valence electrons. The summed E-state index contributed by atoms with van der Waals surface area (Å²) in [5, 5.41) is 9.39. The van der Waals surface area contributed by atoms with Gasteiger partial charge in [-0.15, -0.1) is 11.8 Å². The third-order valence-corrected chi connectivity index (χ3v) is 3.82. The Labute approximate surface area is 126 Å². The Kier molecular flexibility index (Phi) is 4.85. The van der Waals surface area contributed by atoms with E-state index in [4.69, 9.17) is 4.74 Å². The SMILES string of the molecule is CCSc1cccc(Oc2cccc(C)c2F)c1C(=O)O. The standard InChI is InChI=1S/C16H15FO3S/c1-3-21-13-9-5-7-11(14(13)16(18)19)20-12-8-4-6-10(2)15(12)17/h4-9H,3H2,1-2H3,(H,18,19). The minimum Gasteiger partial charge on any atom is -0.478 e. The predicted octanol–water partition coefficient (Wildman–Crippen LogP) is 4.74. The molecule has 0 aliphatic carbocycles. The molecule has 2 aromatic rings. The van der Waals surface area contributed by atoms with Gasteiger partial charge in [0.05, 0.1) is 0 Å². The summed E-state index contributed by atoms with van der Waals surface area (Å²) in [5.41, 5.74) is 0.508. The summed E-state index contributed by atoms with van der Waals surface area (Å²) < 4.78 is 19.5. The molecule has 3 nitrogen and oxygen atoms in total. The Morgan fingerprint density at radius 2 is 1.90 bits per heavy atom. The van der Waals surface area contributed by atoms with Gasteiger partial charge < -0.3 is 9.84 Å². The molecule has 0 aliphatic rings. The van der Waals surface area contributed by atoms with Gasteiger partial charge in [-0.25, -0.2) is 9.18 Å². The maximum absolute atomic E-state index is 14.0. The zero-order chi connectivity index (χ0) is 15.4. The maximum Gasteiger partial charge on any atom is 0.340 e. The number of carboxylic acids is 1. The van der Waals surface area contributed by atoms with E-state index in [1.54, 1.807) is 31.2 Å². The number of carboxylic acid groups (broad SMARTS) is 1. The van der Waals surface area contributed by atoms with E-state index in [1.807, 2.05) is 6.92 Å². The molecule has 0 saturated heterocycles. The predicted molar refractivity (Wildman–Crippen MR) is 81.0 cm³/mol. The van der Waals surface area contributed by atoms with Gasteiger partial charge in [0.15, 0.2) is 11.6 Å². The number of aryl methyl sites for hydroxylation is 1. The molecule has 0 spiro atoms. The first-order valence-electron chi connectivity index (χ1n) is 6.46. The normalized spacial score (nSPS) is 10.4. The highest BCUT2D eigenvalue weighted by atomic mass is 32.2. The molecule has 0 amide bonds. The molecule has 0 atom stereocenters. The van der Waals surface area contributed by atoms with E-state index in [-0.39, 0.29) is 17.1 Å². The zero-order valence-electron chi connectivity index (χ0n) is 11.7. The average Bonchev–Trinajstić information content (AvgIpc) is 2.44. The van der Waals surface area contributed by atoms with Crippen LogP contribution in [0.25, 0.3) is 0 Å². The van der Waals surface area contributed by atoms with Crippen LogP contribution in [0.15, 0.2) is 41.3 Å². The maximum atomic E-state index is 14.0. The van der Waals surface area contributed by atoms with Gasteiger partial charge >= 0.3 is 5.97 Å². The summed E-state index contributed by atoms with van der Waals surface area (Å²) in [6.45, 7) is 3.56. The lowest BCUT2D eigenvalue weighted by Gasteiger charge is -2.13. The van der Waals surface area contributed by atoms with Gasteiger partial charge in [-0.2, -0.15) is 0 Å². The number of hydrogen-bond acceptors (Lipinski definition) is 3. The molecule has 0 fully saturated rings. The van der Waals surface area contributed by atoms with Crippen molar-refractivity contribution in [2.75, 3.05) is 5.75 Å². The molecule has 2 aromatic carbocycles. The smallest absolute Gasteiger partial charge is 0.340 e. The number of ether oxygens (including phenoxy) is 1. The lowest BCUT2D eigenvalue weighted by molar-refractivity contribution is 0.0690. The fourth-order valence-electron chi connectivity index (χ4n) is 1.90. The van der Waals surface area contributed by atoms with E-state index < -0.39 is 11.8 Å². The summed E-state index contributed by atoms with van der Waals surface area (Å²) in [7, 11) is 0. The van der Waals surface area contributed by atoms with Crippen molar-refractivity contribution in [3.05, 3.63) is 53.3 Å². The third kappa shape index (κ3) is 3.36. The number of thioether (sulfide) groups is 1. The van der Waals surface area contributed by atoms with Crippen LogP contribution in [-0.4, -0.2) is 16.8 Å². The van der Waals surface area contributed by atoms with E-state index in [9.17, 15) is 14.3 Å². The van der Waals surface area contributed by atoms with Gasteiger partial charge in [0.2, 0.25) is 0 Å². The van der Waals surface area contributed by atoms with Gasteiger partial charge in [-0.05, 0) is 36.4 Å². The van der Waals surface area contributed by atoms with Crippen molar-refractivity contribution >= 4 is 17.7 Å². The van der Waals surface area contributed by atoms with Crippen molar-refractivity contribution in [3.63, 3.8) is 0 Å². The fraction of sp³-hybridized carbons (Fsp3) is 0.188. The Bertz CT molecular complexity index is 671. The largest absolute Gasteiger partial charge is 0.478 e. The third-order valence-electron chi connectivity index (χ3n) is 2.88. The van der Waals surface area contributed by atoms with Crippen LogP contribution in [0.5, 0.6) is 11.5 Å². The molecule has 0 heterocycles. The van der Waals surface area contributed by atoms with Gasteiger partial charge in [0.25, 0.3) is 0 Å². The molecule has 2 rings (SSSR count). The first-order valence-corrected chi connectivity index (χ1v) is 7.45. The van der Waals surface area contributed by atoms with E-state index in [0.29, 0.717) is 10.5 Å². The van der Waals surface area contributed by atoms with Crippen molar-refractivity contribution in [2.24, 2.45) is 0 Å². The molecule has 0 radical (unpaired) electrons. The van der Waals surface area contributed by atoms with Crippen molar-refractivity contribution in [1.82, 2.24) is 0 Å². The highest BCUT2D eigenvalue weighted by Gasteiger charge is 2.18. The van der Waals surface area contributed by atoms with Crippen LogP contribution < -0.4 is 4.74 Å². The van der Waals surface area contributed by atoms with E-state index in [2.05, 4.69) is 0 Å². The van der Waals surface area contributed by atoms with Crippen LogP contribution >= 0.6 is 11.8 Å². The minimum atomic E-state index is -1.09. The molecule has 0 unspecified atom stereocenters. The number of halogens is 1. The quantitative estimate of drug-likeness (QED) is 0.811. The second-order valence-electron chi connectivity index (χ2n) is 4.36. The summed E-state index contributed by atoms with van der Waals surface area (Å²) >= 11 is 1.41. The topological polar surface area (TPSA) is 46.5 Å². The average molecular weight is 306 g/mol. The van der Waals surface area contributed by atoms with Gasteiger partial charge in [0.1, 0.15) is 11.3 Å². The monoisotopic (exact) mass is 306 g/mol. The molecule has 0 saturated carbocycles. The number of benzene rings is 2. The van der Waals surface area contributed by atoms with Crippen LogP contribution in [0, 0.1) is 12.7 Å². The number of carbonyl (C=O) groups is 1. The van der Waals surface area contributed by atoms with Crippen LogP contribution in [0.4, 0.5) is 4.39 Å². The summed E-state index contributed by atoms with van der Waals surface area (Å²) in [6.07, 6.45) is 0. The highest BCUT2D eigenvalue weighted by Crippen LogP contribution is 2.34. The van der Waals surface area contributed by atoms with Crippen LogP contribution in [0.2, 0.25) is 0 Å². The summed E-state index contributed by atoms with van der Waals surface area (Å²) in [4.78, 5) is 12.1. The molecular formula is C16H15FO3S. The molecule has 0 bridgehead atoms. The number of rotatable bonds is 5. The van der Waals surface area contributed by atoms with Crippen molar-refractivity contribution in [1.29, 1.82) is 0 Å². The van der Waals surface area contributed by atoms with E-state index >= 15 is 0 Å². The Hall–Kier alpha value is -2.01. The fourth-order valence-corrected chi connectivity index (χ4v) is 2.72. The zero-order valence-corrected chi connectivity index (χ0v) is 12.5. The Morgan fingerprint density at radius 3 is 2.57 bits per heavy atom. The minimum absolute atomic E-state index is 0.0242. The Morgan fingerprint density at radius 1 is 1.24 bits per heavy atom. The Balaban J connectivity index is 2.46. The molecular weight excluding hydrogens is 291 g/mol. The molecule has 0 aliphatic heterocycles.